The highest BCUT2D eigenvalue weighted by Crippen LogP contribution is 2.29. The van der Waals surface area contributed by atoms with Crippen LogP contribution in [0.3, 0.4) is 0 Å². The van der Waals surface area contributed by atoms with E-state index < -0.39 is 0 Å². The lowest BCUT2D eigenvalue weighted by Crippen LogP contribution is -2.30. The molecule has 3 aromatic rings. The molecule has 1 heterocycles. The first-order chi connectivity index (χ1) is 13.6. The molecule has 1 amide bonds. The summed E-state index contributed by atoms with van der Waals surface area (Å²) in [5, 5.41) is 22.6. The van der Waals surface area contributed by atoms with Gasteiger partial charge in [-0.2, -0.15) is 5.26 Å². The summed E-state index contributed by atoms with van der Waals surface area (Å²) in [4.78, 5) is 12.6. The maximum atomic E-state index is 12.6. The summed E-state index contributed by atoms with van der Waals surface area (Å²) in [5.41, 5.74) is 3.90. The number of aromatic nitrogens is 4. The Morgan fingerprint density at radius 2 is 1.96 bits per heavy atom. The zero-order valence-corrected chi connectivity index (χ0v) is 15.9. The van der Waals surface area contributed by atoms with Crippen LogP contribution in [0.2, 0.25) is 0 Å². The standard InChI is InChI=1S/C21H22N6O/c1-15(2)12-20(21(28)23-11-10-22)18-5-3-4-17(13-18)16-6-8-19(9-7-16)27-14-24-25-26-27/h3-9,13-15,20H,11-12H2,1-2H3,(H,23,28). The first kappa shape index (κ1) is 19.2. The third kappa shape index (κ3) is 4.60. The van der Waals surface area contributed by atoms with Crippen LogP contribution in [0.25, 0.3) is 16.8 Å². The number of rotatable bonds is 7. The van der Waals surface area contributed by atoms with Crippen LogP contribution in [0.5, 0.6) is 0 Å². The fraction of sp³-hybridized carbons (Fsp3) is 0.286. The van der Waals surface area contributed by atoms with Crippen LogP contribution in [0.4, 0.5) is 0 Å². The van der Waals surface area contributed by atoms with Crippen molar-refractivity contribution >= 4 is 5.91 Å². The number of carbonyl (C=O) groups is 1. The molecule has 7 heteroatoms. The Morgan fingerprint density at radius 1 is 1.18 bits per heavy atom. The molecule has 1 N–H and O–H groups in total. The Hall–Kier alpha value is -3.53. The summed E-state index contributed by atoms with van der Waals surface area (Å²) in [5.74, 6) is -0.0349. The molecule has 0 aliphatic rings. The van der Waals surface area contributed by atoms with Gasteiger partial charge in [0.1, 0.15) is 12.9 Å². The topological polar surface area (TPSA) is 96.5 Å². The number of nitrogens with zero attached hydrogens (tertiary/aromatic N) is 5. The van der Waals surface area contributed by atoms with Gasteiger partial charge in [0.15, 0.2) is 0 Å². The summed E-state index contributed by atoms with van der Waals surface area (Å²) < 4.78 is 1.60. The van der Waals surface area contributed by atoms with E-state index in [-0.39, 0.29) is 18.4 Å². The Balaban J connectivity index is 1.87. The van der Waals surface area contributed by atoms with Crippen LogP contribution in [-0.2, 0) is 4.79 Å². The highest BCUT2D eigenvalue weighted by atomic mass is 16.1. The lowest BCUT2D eigenvalue weighted by Gasteiger charge is -2.19. The minimum Gasteiger partial charge on any atom is -0.342 e. The molecule has 28 heavy (non-hydrogen) atoms. The van der Waals surface area contributed by atoms with Crippen LogP contribution in [0.1, 0.15) is 31.7 Å². The summed E-state index contributed by atoms with van der Waals surface area (Å²) in [7, 11) is 0. The first-order valence-corrected chi connectivity index (χ1v) is 9.17. The minimum absolute atomic E-state index is 0.0196. The lowest BCUT2D eigenvalue weighted by atomic mass is 9.88. The van der Waals surface area contributed by atoms with E-state index in [9.17, 15) is 4.79 Å². The Morgan fingerprint density at radius 3 is 2.61 bits per heavy atom. The van der Waals surface area contributed by atoms with Crippen molar-refractivity contribution in [2.45, 2.75) is 26.2 Å². The molecule has 0 aliphatic heterocycles. The lowest BCUT2D eigenvalue weighted by molar-refractivity contribution is -0.122. The fourth-order valence-electron chi connectivity index (χ4n) is 3.14. The van der Waals surface area contributed by atoms with Gasteiger partial charge >= 0.3 is 0 Å². The van der Waals surface area contributed by atoms with Gasteiger partial charge in [-0.05, 0) is 51.6 Å². The normalized spacial score (nSPS) is 11.8. The number of hydrogen-bond acceptors (Lipinski definition) is 5. The predicted octanol–water partition coefficient (Wildman–Crippen LogP) is 3.10. The smallest absolute Gasteiger partial charge is 0.228 e. The summed E-state index contributed by atoms with van der Waals surface area (Å²) >= 11 is 0. The number of nitrogens with one attached hydrogen (secondary N) is 1. The van der Waals surface area contributed by atoms with Gasteiger partial charge in [-0.15, -0.1) is 5.10 Å². The van der Waals surface area contributed by atoms with Crippen molar-refractivity contribution in [2.24, 2.45) is 5.92 Å². The molecule has 0 radical (unpaired) electrons. The molecule has 1 unspecified atom stereocenters. The zero-order valence-electron chi connectivity index (χ0n) is 15.9. The van der Waals surface area contributed by atoms with Crippen LogP contribution in [0.15, 0.2) is 54.9 Å². The van der Waals surface area contributed by atoms with E-state index in [2.05, 4.69) is 34.7 Å². The molecule has 3 rings (SSSR count). The Labute approximate surface area is 164 Å². The third-order valence-electron chi connectivity index (χ3n) is 4.47. The van der Waals surface area contributed by atoms with Gasteiger partial charge in [0, 0.05) is 0 Å². The first-order valence-electron chi connectivity index (χ1n) is 9.17. The van der Waals surface area contributed by atoms with Crippen molar-refractivity contribution in [1.82, 2.24) is 25.5 Å². The van der Waals surface area contributed by atoms with Crippen LogP contribution in [-0.4, -0.2) is 32.7 Å². The van der Waals surface area contributed by atoms with Gasteiger partial charge < -0.3 is 5.32 Å². The van der Waals surface area contributed by atoms with E-state index in [1.807, 2.05) is 54.6 Å². The van der Waals surface area contributed by atoms with Gasteiger partial charge in [-0.1, -0.05) is 50.2 Å². The third-order valence-corrected chi connectivity index (χ3v) is 4.47. The molecule has 1 aromatic heterocycles. The van der Waals surface area contributed by atoms with Crippen molar-refractivity contribution in [3.05, 3.63) is 60.4 Å². The molecule has 0 bridgehead atoms. The van der Waals surface area contributed by atoms with Gasteiger partial charge in [-0.3, -0.25) is 4.79 Å². The average Bonchev–Trinajstić information content (AvgIpc) is 3.25. The number of carbonyl (C=O) groups excluding carboxylic acids is 1. The number of amides is 1. The van der Waals surface area contributed by atoms with Gasteiger partial charge in [0.25, 0.3) is 0 Å². The maximum Gasteiger partial charge on any atom is 0.228 e. The number of nitriles is 1. The van der Waals surface area contributed by atoms with E-state index in [0.717, 1.165) is 28.8 Å². The fourth-order valence-corrected chi connectivity index (χ4v) is 3.14. The molecule has 0 fully saturated rings. The van der Waals surface area contributed by atoms with E-state index in [0.29, 0.717) is 5.92 Å². The minimum atomic E-state index is -0.284. The summed E-state index contributed by atoms with van der Waals surface area (Å²) in [6.07, 6.45) is 2.27. The molecule has 0 saturated heterocycles. The van der Waals surface area contributed by atoms with E-state index in [1.165, 1.54) is 0 Å². The highest BCUT2D eigenvalue weighted by molar-refractivity contribution is 5.84. The van der Waals surface area contributed by atoms with Crippen molar-refractivity contribution in [3.63, 3.8) is 0 Å². The van der Waals surface area contributed by atoms with Crippen LogP contribution in [0, 0.1) is 17.2 Å². The highest BCUT2D eigenvalue weighted by Gasteiger charge is 2.22. The largest absolute Gasteiger partial charge is 0.342 e. The van der Waals surface area contributed by atoms with Crippen LogP contribution < -0.4 is 5.32 Å². The molecule has 7 nitrogen and oxygen atoms in total. The summed E-state index contributed by atoms with van der Waals surface area (Å²) in [6, 6.07) is 17.9. The van der Waals surface area contributed by atoms with Crippen molar-refractivity contribution < 1.29 is 4.79 Å². The van der Waals surface area contributed by atoms with Crippen molar-refractivity contribution in [1.29, 1.82) is 5.26 Å². The molecular weight excluding hydrogens is 352 g/mol. The second kappa shape index (κ2) is 8.91. The molecule has 1 atom stereocenters. The van der Waals surface area contributed by atoms with E-state index in [4.69, 9.17) is 5.26 Å². The molecular formula is C21H22N6O. The maximum absolute atomic E-state index is 12.6. The number of tetrazole rings is 1. The molecule has 0 saturated carbocycles. The average molecular weight is 374 g/mol. The molecule has 142 valence electrons. The monoisotopic (exact) mass is 374 g/mol. The number of benzene rings is 2. The zero-order chi connectivity index (χ0) is 19.9. The Kier molecular flexibility index (Phi) is 6.12. The SMILES string of the molecule is CC(C)CC(C(=O)NCC#N)c1cccc(-c2ccc(-n3cnnn3)cc2)c1. The second-order valence-corrected chi connectivity index (χ2v) is 6.98. The predicted molar refractivity (Wildman–Crippen MR) is 105 cm³/mol. The molecule has 0 aliphatic carbocycles. The van der Waals surface area contributed by atoms with Gasteiger partial charge in [-0.25, -0.2) is 4.68 Å². The van der Waals surface area contributed by atoms with E-state index >= 15 is 0 Å². The second-order valence-electron chi connectivity index (χ2n) is 6.98. The van der Waals surface area contributed by atoms with Crippen molar-refractivity contribution in [2.75, 3.05) is 6.54 Å². The summed E-state index contributed by atoms with van der Waals surface area (Å²) in [6.45, 7) is 4.20. The molecule has 0 spiro atoms. The number of hydrogen-bond donors (Lipinski definition) is 1. The van der Waals surface area contributed by atoms with E-state index in [1.54, 1.807) is 11.0 Å². The van der Waals surface area contributed by atoms with Crippen molar-refractivity contribution in [3.8, 4) is 22.9 Å². The Bertz CT molecular complexity index is 957. The van der Waals surface area contributed by atoms with Crippen LogP contribution >= 0.6 is 0 Å². The quantitative estimate of drug-likeness (QED) is 0.641. The van der Waals surface area contributed by atoms with Gasteiger partial charge in [0.05, 0.1) is 17.7 Å². The molecule has 2 aromatic carbocycles. The van der Waals surface area contributed by atoms with Gasteiger partial charge in [0.2, 0.25) is 5.91 Å².